The summed E-state index contributed by atoms with van der Waals surface area (Å²) in [5, 5.41) is 12.5. The van der Waals surface area contributed by atoms with E-state index in [0.29, 0.717) is 19.1 Å². The summed E-state index contributed by atoms with van der Waals surface area (Å²) in [7, 11) is 0. The summed E-state index contributed by atoms with van der Waals surface area (Å²) in [4.78, 5) is 25.8. The summed E-state index contributed by atoms with van der Waals surface area (Å²) in [6, 6.07) is 1.92. The fourth-order valence-electron chi connectivity index (χ4n) is 4.10. The van der Waals surface area contributed by atoms with Crippen LogP contribution in [0.2, 0.25) is 0 Å². The van der Waals surface area contributed by atoms with E-state index in [9.17, 15) is 4.79 Å². The van der Waals surface area contributed by atoms with Gasteiger partial charge in [-0.25, -0.2) is 9.97 Å². The van der Waals surface area contributed by atoms with Gasteiger partial charge in [-0.1, -0.05) is 6.92 Å². The topological polar surface area (TPSA) is 90.8 Å². The van der Waals surface area contributed by atoms with Gasteiger partial charge in [0.1, 0.15) is 0 Å². The number of nitrogens with one attached hydrogen (secondary N) is 1. The quantitative estimate of drug-likeness (QED) is 0.683. The third-order valence-corrected chi connectivity index (χ3v) is 5.66. The molecule has 2 aliphatic rings. The van der Waals surface area contributed by atoms with Crippen LogP contribution in [0.3, 0.4) is 0 Å². The Labute approximate surface area is 167 Å². The number of aliphatic hydroxyl groups is 1. The Morgan fingerprint density at radius 1 is 1.25 bits per heavy atom. The summed E-state index contributed by atoms with van der Waals surface area (Å²) in [6.45, 7) is 6.82. The average Bonchev–Trinajstić information content (AvgIpc) is 2.74. The second-order valence-electron chi connectivity index (χ2n) is 7.63. The zero-order chi connectivity index (χ0) is 19.8. The van der Waals surface area contributed by atoms with Crippen LogP contribution in [0.1, 0.15) is 32.6 Å². The number of anilines is 1. The fourth-order valence-corrected chi connectivity index (χ4v) is 4.10. The lowest BCUT2D eigenvalue weighted by atomic mass is 9.82. The van der Waals surface area contributed by atoms with Crippen LogP contribution in [-0.4, -0.2) is 88.9 Å². The molecule has 1 aliphatic carbocycles. The molecule has 2 heterocycles. The minimum absolute atomic E-state index is 0.0119. The molecule has 1 saturated carbocycles. The van der Waals surface area contributed by atoms with Gasteiger partial charge in [0.05, 0.1) is 18.8 Å². The van der Waals surface area contributed by atoms with Crippen molar-refractivity contribution in [2.45, 2.75) is 44.8 Å². The second-order valence-corrected chi connectivity index (χ2v) is 7.63. The van der Waals surface area contributed by atoms with Crippen LogP contribution in [0, 0.1) is 5.92 Å². The number of carbonyl (C=O) groups excluding carboxylic acids is 1. The Bertz CT molecular complexity index is 595. The van der Waals surface area contributed by atoms with Crippen molar-refractivity contribution in [3.05, 3.63) is 18.5 Å². The average molecular weight is 392 g/mol. The molecule has 1 amide bonds. The van der Waals surface area contributed by atoms with Crippen LogP contribution < -0.4 is 5.32 Å². The van der Waals surface area contributed by atoms with Crippen molar-refractivity contribution >= 4 is 11.9 Å². The van der Waals surface area contributed by atoms with E-state index in [2.05, 4.69) is 27.1 Å². The Balaban J connectivity index is 1.56. The van der Waals surface area contributed by atoms with Crippen molar-refractivity contribution in [2.75, 3.05) is 51.3 Å². The van der Waals surface area contributed by atoms with E-state index >= 15 is 0 Å². The highest BCUT2D eigenvalue weighted by atomic mass is 16.5. The van der Waals surface area contributed by atoms with Crippen LogP contribution in [0.5, 0.6) is 0 Å². The van der Waals surface area contributed by atoms with Gasteiger partial charge in [-0.2, -0.15) is 0 Å². The maximum absolute atomic E-state index is 13.1. The largest absolute Gasteiger partial charge is 0.395 e. The number of piperazine rings is 1. The Hall–Kier alpha value is -1.77. The molecule has 2 fully saturated rings. The summed E-state index contributed by atoms with van der Waals surface area (Å²) < 4.78 is 6.11. The summed E-state index contributed by atoms with van der Waals surface area (Å²) in [5.41, 5.74) is 0. The number of ether oxygens (including phenoxy) is 1. The lowest BCUT2D eigenvalue weighted by Gasteiger charge is -2.40. The summed E-state index contributed by atoms with van der Waals surface area (Å²) >= 11 is 0. The molecule has 1 aromatic heterocycles. The Kier molecular flexibility index (Phi) is 8.00. The highest BCUT2D eigenvalue weighted by molar-refractivity contribution is 5.79. The SMILES string of the molecule is CCCO[C@@H]1C[C@@H](C(=O)N2CCN(CCO)CC2)CC[C@H]1Nc1ncccn1. The first-order valence-electron chi connectivity index (χ1n) is 10.5. The van der Waals surface area contributed by atoms with E-state index in [4.69, 9.17) is 9.84 Å². The number of amides is 1. The van der Waals surface area contributed by atoms with Gasteiger partial charge >= 0.3 is 0 Å². The molecule has 0 radical (unpaired) electrons. The molecule has 0 bridgehead atoms. The Morgan fingerprint density at radius 3 is 2.68 bits per heavy atom. The lowest BCUT2D eigenvalue weighted by molar-refractivity contribution is -0.140. The minimum Gasteiger partial charge on any atom is -0.395 e. The van der Waals surface area contributed by atoms with Crippen LogP contribution in [0.15, 0.2) is 18.5 Å². The van der Waals surface area contributed by atoms with E-state index < -0.39 is 0 Å². The number of hydrogen-bond donors (Lipinski definition) is 2. The van der Waals surface area contributed by atoms with E-state index in [0.717, 1.165) is 51.9 Å². The van der Waals surface area contributed by atoms with Crippen molar-refractivity contribution in [2.24, 2.45) is 5.92 Å². The molecule has 156 valence electrons. The minimum atomic E-state index is -0.0119. The third kappa shape index (κ3) is 5.62. The van der Waals surface area contributed by atoms with Gasteiger partial charge in [0.2, 0.25) is 11.9 Å². The summed E-state index contributed by atoms with van der Waals surface area (Å²) in [5.74, 6) is 0.881. The predicted octanol–water partition coefficient (Wildman–Crippen LogP) is 0.989. The smallest absolute Gasteiger partial charge is 0.225 e. The maximum atomic E-state index is 13.1. The van der Waals surface area contributed by atoms with Gasteiger partial charge in [-0.05, 0) is 31.7 Å². The van der Waals surface area contributed by atoms with Crippen LogP contribution in [-0.2, 0) is 9.53 Å². The second kappa shape index (κ2) is 10.7. The highest BCUT2D eigenvalue weighted by Gasteiger charge is 2.37. The number of hydrogen-bond acceptors (Lipinski definition) is 7. The monoisotopic (exact) mass is 391 g/mol. The molecule has 8 nitrogen and oxygen atoms in total. The van der Waals surface area contributed by atoms with Gasteiger partial charge in [0.25, 0.3) is 0 Å². The van der Waals surface area contributed by atoms with Gasteiger partial charge < -0.3 is 20.1 Å². The molecule has 3 atom stereocenters. The number of rotatable bonds is 8. The predicted molar refractivity (Wildman–Crippen MR) is 107 cm³/mol. The fraction of sp³-hybridized carbons (Fsp3) is 0.750. The molecule has 8 heteroatoms. The normalized spacial score (nSPS) is 26.2. The zero-order valence-corrected chi connectivity index (χ0v) is 16.8. The zero-order valence-electron chi connectivity index (χ0n) is 16.8. The van der Waals surface area contributed by atoms with Crippen LogP contribution >= 0.6 is 0 Å². The molecule has 3 rings (SSSR count). The number of nitrogens with zero attached hydrogens (tertiary/aromatic N) is 4. The van der Waals surface area contributed by atoms with E-state index in [1.54, 1.807) is 18.5 Å². The van der Waals surface area contributed by atoms with Crippen LogP contribution in [0.4, 0.5) is 5.95 Å². The van der Waals surface area contributed by atoms with Crippen molar-refractivity contribution in [3.8, 4) is 0 Å². The number of carbonyl (C=O) groups is 1. The van der Waals surface area contributed by atoms with E-state index in [1.807, 2.05) is 4.90 Å². The first-order valence-corrected chi connectivity index (χ1v) is 10.5. The third-order valence-electron chi connectivity index (χ3n) is 5.66. The van der Waals surface area contributed by atoms with Gasteiger partial charge in [0.15, 0.2) is 0 Å². The molecular weight excluding hydrogens is 358 g/mol. The van der Waals surface area contributed by atoms with E-state index in [-0.39, 0.29) is 30.6 Å². The first kappa shape index (κ1) is 21.0. The Morgan fingerprint density at radius 2 is 2.00 bits per heavy atom. The molecule has 28 heavy (non-hydrogen) atoms. The van der Waals surface area contributed by atoms with Crippen molar-refractivity contribution in [1.29, 1.82) is 0 Å². The van der Waals surface area contributed by atoms with Crippen molar-refractivity contribution < 1.29 is 14.6 Å². The molecule has 0 aromatic carbocycles. The lowest BCUT2D eigenvalue weighted by Crippen LogP contribution is -2.52. The summed E-state index contributed by atoms with van der Waals surface area (Å²) in [6.07, 6.45) is 6.85. The molecule has 1 saturated heterocycles. The molecule has 0 unspecified atom stereocenters. The number of aromatic nitrogens is 2. The highest BCUT2D eigenvalue weighted by Crippen LogP contribution is 2.30. The van der Waals surface area contributed by atoms with Crippen molar-refractivity contribution in [3.63, 3.8) is 0 Å². The van der Waals surface area contributed by atoms with Crippen molar-refractivity contribution in [1.82, 2.24) is 19.8 Å². The van der Waals surface area contributed by atoms with Crippen LogP contribution in [0.25, 0.3) is 0 Å². The molecule has 1 aliphatic heterocycles. The van der Waals surface area contributed by atoms with Gasteiger partial charge in [-0.15, -0.1) is 0 Å². The molecule has 2 N–H and O–H groups in total. The van der Waals surface area contributed by atoms with E-state index in [1.165, 1.54) is 0 Å². The van der Waals surface area contributed by atoms with Gasteiger partial charge in [-0.3, -0.25) is 9.69 Å². The maximum Gasteiger partial charge on any atom is 0.225 e. The molecule has 1 aromatic rings. The van der Waals surface area contributed by atoms with Gasteiger partial charge in [0, 0.05) is 57.6 Å². The number of β-amino-alcohol motifs (C(OH)–C–C–N with tert-alkyl or cyclic N) is 1. The first-order chi connectivity index (χ1) is 13.7. The number of aliphatic hydroxyl groups excluding tert-OH is 1. The molecule has 0 spiro atoms. The molecular formula is C20H33N5O3. The standard InChI is InChI=1S/C20H33N5O3/c1-2-14-28-18-15-16(4-5-17(18)23-20-21-6-3-7-22-20)19(27)25-10-8-24(9-11-25)12-13-26/h3,6-7,16-18,26H,2,4-5,8-15H2,1H3,(H,21,22,23)/t16-,17+,18+/m0/s1.